The summed E-state index contributed by atoms with van der Waals surface area (Å²) in [7, 11) is 0. The molecule has 146 valence electrons. The number of piperazine rings is 1. The lowest BCUT2D eigenvalue weighted by Crippen LogP contribution is -2.49. The van der Waals surface area contributed by atoms with Crippen LogP contribution in [0, 0.1) is 0 Å². The van der Waals surface area contributed by atoms with E-state index in [9.17, 15) is 4.79 Å². The Hall–Kier alpha value is -3.95. The summed E-state index contributed by atoms with van der Waals surface area (Å²) in [5.74, 6) is 1.45. The second-order valence-electron chi connectivity index (χ2n) is 6.56. The highest BCUT2D eigenvalue weighted by atomic mass is 16.5. The van der Waals surface area contributed by atoms with Crippen LogP contribution in [0.15, 0.2) is 63.7 Å². The van der Waals surface area contributed by atoms with Crippen molar-refractivity contribution in [3.8, 4) is 17.2 Å². The number of carbonyl (C=O) groups is 1. The normalized spacial score (nSPS) is 14.3. The van der Waals surface area contributed by atoms with Crippen LogP contribution in [0.25, 0.3) is 17.2 Å². The minimum Gasteiger partial charge on any atom is -0.461 e. The third-order valence-electron chi connectivity index (χ3n) is 4.80. The van der Waals surface area contributed by atoms with Gasteiger partial charge in [-0.05, 0) is 34.7 Å². The van der Waals surface area contributed by atoms with E-state index in [1.165, 1.54) is 0 Å². The fraction of sp³-hybridized carbons (Fsp3) is 0.211. The Labute approximate surface area is 165 Å². The zero-order chi connectivity index (χ0) is 19.6. The van der Waals surface area contributed by atoms with Crippen molar-refractivity contribution in [1.29, 1.82) is 0 Å². The van der Waals surface area contributed by atoms with Gasteiger partial charge in [0.1, 0.15) is 0 Å². The first kappa shape index (κ1) is 17.2. The van der Waals surface area contributed by atoms with Crippen LogP contribution >= 0.6 is 0 Å². The molecule has 29 heavy (non-hydrogen) atoms. The number of rotatable bonds is 4. The van der Waals surface area contributed by atoms with E-state index in [1.54, 1.807) is 34.0 Å². The number of amides is 1. The monoisotopic (exact) mass is 391 g/mol. The number of anilines is 1. The standard InChI is InChI=1S/C19H17N7O3/c27-18(15-13-17(29-21-15)16-7-4-12-28-16)24-8-10-25(11-9-24)19-20-22-23-26(19)14-5-2-1-3-6-14/h1-7,12-13H,8-11H2. The van der Waals surface area contributed by atoms with E-state index in [0.717, 1.165) is 5.69 Å². The maximum atomic E-state index is 12.8. The van der Waals surface area contributed by atoms with E-state index in [2.05, 4.69) is 25.6 Å². The second kappa shape index (κ2) is 7.23. The largest absolute Gasteiger partial charge is 0.461 e. The van der Waals surface area contributed by atoms with Crippen molar-refractivity contribution in [3.05, 3.63) is 60.5 Å². The molecule has 1 fully saturated rings. The summed E-state index contributed by atoms with van der Waals surface area (Å²) in [4.78, 5) is 16.6. The van der Waals surface area contributed by atoms with Crippen molar-refractivity contribution < 1.29 is 13.7 Å². The zero-order valence-corrected chi connectivity index (χ0v) is 15.4. The van der Waals surface area contributed by atoms with Crippen LogP contribution in [0.5, 0.6) is 0 Å². The predicted molar refractivity (Wildman–Crippen MR) is 101 cm³/mol. The number of hydrogen-bond donors (Lipinski definition) is 0. The fourth-order valence-electron chi connectivity index (χ4n) is 3.30. The Morgan fingerprint density at radius 1 is 0.966 bits per heavy atom. The minimum atomic E-state index is -0.172. The van der Waals surface area contributed by atoms with Gasteiger partial charge in [0.15, 0.2) is 11.5 Å². The molecule has 4 aromatic rings. The first-order valence-electron chi connectivity index (χ1n) is 9.18. The lowest BCUT2D eigenvalue weighted by atomic mass is 10.2. The molecule has 0 N–H and O–H groups in total. The van der Waals surface area contributed by atoms with Crippen molar-refractivity contribution in [3.63, 3.8) is 0 Å². The molecule has 0 bridgehead atoms. The molecule has 0 unspecified atom stereocenters. The maximum absolute atomic E-state index is 12.8. The molecule has 4 heterocycles. The Morgan fingerprint density at radius 3 is 2.55 bits per heavy atom. The molecule has 5 rings (SSSR count). The summed E-state index contributed by atoms with van der Waals surface area (Å²) >= 11 is 0. The lowest BCUT2D eigenvalue weighted by Gasteiger charge is -2.34. The van der Waals surface area contributed by atoms with Crippen LogP contribution in [-0.2, 0) is 0 Å². The summed E-state index contributed by atoms with van der Waals surface area (Å²) in [6.45, 7) is 2.29. The number of carbonyl (C=O) groups excluding carboxylic acids is 1. The van der Waals surface area contributed by atoms with Crippen LogP contribution in [-0.4, -0.2) is 62.4 Å². The highest BCUT2D eigenvalue weighted by Crippen LogP contribution is 2.22. The molecule has 1 aromatic carbocycles. The van der Waals surface area contributed by atoms with Gasteiger partial charge in [0.25, 0.3) is 5.91 Å². The molecule has 0 saturated carbocycles. The number of aromatic nitrogens is 5. The van der Waals surface area contributed by atoms with E-state index in [-0.39, 0.29) is 11.6 Å². The number of hydrogen-bond acceptors (Lipinski definition) is 8. The molecular weight excluding hydrogens is 374 g/mol. The molecule has 0 spiro atoms. The smallest absolute Gasteiger partial charge is 0.276 e. The SMILES string of the molecule is O=C(c1cc(-c2ccco2)on1)N1CCN(c2nnnn2-c2ccccc2)CC1. The number of nitrogens with zero attached hydrogens (tertiary/aromatic N) is 7. The molecule has 1 aliphatic rings. The van der Waals surface area contributed by atoms with Crippen LogP contribution in [0.1, 0.15) is 10.5 Å². The Balaban J connectivity index is 1.27. The van der Waals surface area contributed by atoms with E-state index in [0.29, 0.717) is 43.6 Å². The van der Waals surface area contributed by atoms with Crippen LogP contribution in [0.4, 0.5) is 5.95 Å². The quantitative estimate of drug-likeness (QED) is 0.519. The number of furan rings is 1. The number of para-hydroxylation sites is 1. The molecule has 0 radical (unpaired) electrons. The minimum absolute atomic E-state index is 0.172. The molecule has 1 amide bonds. The molecule has 10 heteroatoms. The van der Waals surface area contributed by atoms with Gasteiger partial charge in [-0.25, -0.2) is 0 Å². The summed E-state index contributed by atoms with van der Waals surface area (Å²) in [5, 5.41) is 16.0. The van der Waals surface area contributed by atoms with Crippen LogP contribution in [0.2, 0.25) is 0 Å². The Morgan fingerprint density at radius 2 is 1.79 bits per heavy atom. The van der Waals surface area contributed by atoms with E-state index in [4.69, 9.17) is 8.94 Å². The Kier molecular flexibility index (Phi) is 4.28. The van der Waals surface area contributed by atoms with Gasteiger partial charge in [0.05, 0.1) is 12.0 Å². The number of benzene rings is 1. The van der Waals surface area contributed by atoms with Crippen molar-refractivity contribution in [1.82, 2.24) is 30.3 Å². The fourth-order valence-corrected chi connectivity index (χ4v) is 3.30. The molecule has 1 aliphatic heterocycles. The summed E-state index contributed by atoms with van der Waals surface area (Å²) in [5.41, 5.74) is 1.15. The van der Waals surface area contributed by atoms with Crippen molar-refractivity contribution in [2.24, 2.45) is 0 Å². The van der Waals surface area contributed by atoms with E-state index in [1.807, 2.05) is 30.3 Å². The van der Waals surface area contributed by atoms with Gasteiger partial charge >= 0.3 is 0 Å². The summed E-state index contributed by atoms with van der Waals surface area (Å²) in [6, 6.07) is 14.8. The van der Waals surface area contributed by atoms with Crippen molar-refractivity contribution in [2.45, 2.75) is 0 Å². The molecule has 3 aromatic heterocycles. The summed E-state index contributed by atoms with van der Waals surface area (Å²) in [6.07, 6.45) is 1.54. The molecular formula is C19H17N7O3. The first-order valence-corrected chi connectivity index (χ1v) is 9.18. The molecule has 1 saturated heterocycles. The van der Waals surface area contributed by atoms with Gasteiger partial charge in [-0.1, -0.05) is 28.5 Å². The zero-order valence-electron chi connectivity index (χ0n) is 15.4. The van der Waals surface area contributed by atoms with Gasteiger partial charge in [0, 0.05) is 32.2 Å². The molecule has 0 aliphatic carbocycles. The average Bonchev–Trinajstić information content (AvgIpc) is 3.55. The molecule has 0 atom stereocenters. The first-order chi connectivity index (χ1) is 14.3. The predicted octanol–water partition coefficient (Wildman–Crippen LogP) is 1.87. The van der Waals surface area contributed by atoms with Crippen LogP contribution in [0.3, 0.4) is 0 Å². The van der Waals surface area contributed by atoms with Gasteiger partial charge in [0.2, 0.25) is 11.7 Å². The second-order valence-corrected chi connectivity index (χ2v) is 6.56. The van der Waals surface area contributed by atoms with Crippen molar-refractivity contribution in [2.75, 3.05) is 31.1 Å². The third-order valence-corrected chi connectivity index (χ3v) is 4.80. The van der Waals surface area contributed by atoms with Gasteiger partial charge in [-0.3, -0.25) is 4.79 Å². The third kappa shape index (κ3) is 3.24. The van der Waals surface area contributed by atoms with Crippen molar-refractivity contribution >= 4 is 11.9 Å². The average molecular weight is 391 g/mol. The lowest BCUT2D eigenvalue weighted by molar-refractivity contribution is 0.0735. The molecule has 10 nitrogen and oxygen atoms in total. The van der Waals surface area contributed by atoms with Gasteiger partial charge < -0.3 is 18.7 Å². The highest BCUT2D eigenvalue weighted by Gasteiger charge is 2.27. The van der Waals surface area contributed by atoms with E-state index >= 15 is 0 Å². The van der Waals surface area contributed by atoms with Gasteiger partial charge in [-0.15, -0.1) is 0 Å². The maximum Gasteiger partial charge on any atom is 0.276 e. The van der Waals surface area contributed by atoms with Gasteiger partial charge in [-0.2, -0.15) is 4.68 Å². The highest BCUT2D eigenvalue weighted by molar-refractivity contribution is 5.93. The van der Waals surface area contributed by atoms with E-state index < -0.39 is 0 Å². The topological polar surface area (TPSA) is 106 Å². The van der Waals surface area contributed by atoms with Crippen LogP contribution < -0.4 is 4.90 Å². The Bertz CT molecular complexity index is 1100. The number of tetrazole rings is 1. The summed E-state index contributed by atoms with van der Waals surface area (Å²) < 4.78 is 12.2.